The van der Waals surface area contributed by atoms with Crippen LogP contribution in [0.15, 0.2) is 30.5 Å². The summed E-state index contributed by atoms with van der Waals surface area (Å²) in [6.45, 7) is 4.78. The van der Waals surface area contributed by atoms with E-state index in [0.29, 0.717) is 5.92 Å². The molecule has 0 atom stereocenters. The molecule has 1 fully saturated rings. The van der Waals surface area contributed by atoms with Crippen LogP contribution in [0.4, 0.5) is 4.39 Å². The topological polar surface area (TPSA) is 73.5 Å². The number of hydrogen-bond acceptors (Lipinski definition) is 4. The Morgan fingerprint density at radius 1 is 1.16 bits per heavy atom. The van der Waals surface area contributed by atoms with Crippen molar-refractivity contribution in [2.45, 2.75) is 32.2 Å². The third-order valence-electron chi connectivity index (χ3n) is 4.81. The Labute approximate surface area is 145 Å². The van der Waals surface area contributed by atoms with Crippen LogP contribution in [0, 0.1) is 12.7 Å². The van der Waals surface area contributed by atoms with Gasteiger partial charge in [0.2, 0.25) is 0 Å². The summed E-state index contributed by atoms with van der Waals surface area (Å²) in [4.78, 5) is 6.89. The number of hydrogen-bond donors (Lipinski definition) is 2. The van der Waals surface area contributed by atoms with E-state index in [1.165, 1.54) is 12.1 Å². The molecule has 25 heavy (non-hydrogen) atoms. The highest BCUT2D eigenvalue weighted by Gasteiger charge is 2.24. The molecular formula is C18H21FN6. The van der Waals surface area contributed by atoms with Crippen LogP contribution in [0.2, 0.25) is 0 Å². The number of aryl methyl sites for hydroxylation is 1. The van der Waals surface area contributed by atoms with E-state index < -0.39 is 0 Å². The zero-order valence-corrected chi connectivity index (χ0v) is 14.2. The van der Waals surface area contributed by atoms with Gasteiger partial charge < -0.3 is 0 Å². The van der Waals surface area contributed by atoms with E-state index >= 15 is 0 Å². The second kappa shape index (κ2) is 6.76. The largest absolute Gasteiger partial charge is 0.299 e. The monoisotopic (exact) mass is 340 g/mol. The van der Waals surface area contributed by atoms with E-state index in [4.69, 9.17) is 0 Å². The lowest BCUT2D eigenvalue weighted by Crippen LogP contribution is -2.32. The molecule has 2 aromatic heterocycles. The van der Waals surface area contributed by atoms with Crippen molar-refractivity contribution in [2.75, 3.05) is 13.1 Å². The lowest BCUT2D eigenvalue weighted by atomic mass is 9.95. The summed E-state index contributed by atoms with van der Waals surface area (Å²) < 4.78 is 13.1. The standard InChI is InChI=1S/C18H21FN6/c1-12-21-18(24-22-12)14-6-8-25(9-7-14)11-15-10-20-23-17(15)13-2-4-16(19)5-3-13/h2-5,10,14H,6-9,11H2,1H3,(H,20,23)(H,21,22,24). The molecule has 3 heterocycles. The second-order valence-electron chi connectivity index (χ2n) is 6.61. The normalized spacial score (nSPS) is 16.4. The fourth-order valence-electron chi connectivity index (χ4n) is 3.43. The number of aromatic nitrogens is 5. The molecule has 1 aliphatic rings. The smallest absolute Gasteiger partial charge is 0.153 e. The minimum absolute atomic E-state index is 0.228. The van der Waals surface area contributed by atoms with Gasteiger partial charge in [-0.2, -0.15) is 10.2 Å². The van der Waals surface area contributed by atoms with E-state index in [0.717, 1.165) is 60.9 Å². The lowest BCUT2D eigenvalue weighted by molar-refractivity contribution is 0.202. The van der Waals surface area contributed by atoms with Gasteiger partial charge in [-0.05, 0) is 57.1 Å². The van der Waals surface area contributed by atoms with E-state index in [1.54, 1.807) is 12.1 Å². The number of nitrogens with one attached hydrogen (secondary N) is 2. The van der Waals surface area contributed by atoms with Crippen molar-refractivity contribution in [1.29, 1.82) is 0 Å². The predicted octanol–water partition coefficient (Wildman–Crippen LogP) is 3.02. The van der Waals surface area contributed by atoms with Crippen LogP contribution in [-0.4, -0.2) is 43.4 Å². The first kappa shape index (κ1) is 16.0. The van der Waals surface area contributed by atoms with Crippen molar-refractivity contribution < 1.29 is 4.39 Å². The van der Waals surface area contributed by atoms with Crippen molar-refractivity contribution in [2.24, 2.45) is 0 Å². The molecule has 0 aliphatic carbocycles. The van der Waals surface area contributed by atoms with Gasteiger partial charge in [0.05, 0.1) is 11.9 Å². The first-order valence-corrected chi connectivity index (χ1v) is 8.58. The minimum Gasteiger partial charge on any atom is -0.299 e. The van der Waals surface area contributed by atoms with E-state index in [9.17, 15) is 4.39 Å². The summed E-state index contributed by atoms with van der Waals surface area (Å²) in [6, 6.07) is 6.52. The molecule has 0 amide bonds. The van der Waals surface area contributed by atoms with Crippen LogP contribution < -0.4 is 0 Å². The first-order valence-electron chi connectivity index (χ1n) is 8.58. The van der Waals surface area contributed by atoms with E-state index in [1.807, 2.05) is 13.1 Å². The summed E-state index contributed by atoms with van der Waals surface area (Å²) in [5, 5.41) is 14.5. The SMILES string of the molecule is Cc1nc(C2CCN(Cc3cn[nH]c3-c3ccc(F)cc3)CC2)n[nH]1. The summed E-state index contributed by atoms with van der Waals surface area (Å²) in [5.41, 5.74) is 3.06. The summed E-state index contributed by atoms with van der Waals surface area (Å²) in [7, 11) is 0. The van der Waals surface area contributed by atoms with E-state index in [2.05, 4.69) is 30.3 Å². The van der Waals surface area contributed by atoms with Gasteiger partial charge >= 0.3 is 0 Å². The summed E-state index contributed by atoms with van der Waals surface area (Å²) in [6.07, 6.45) is 3.98. The number of likely N-dealkylation sites (tertiary alicyclic amines) is 1. The van der Waals surface area contributed by atoms with Crippen LogP contribution in [0.5, 0.6) is 0 Å². The summed E-state index contributed by atoms with van der Waals surface area (Å²) >= 11 is 0. The number of piperidine rings is 1. The average molecular weight is 340 g/mol. The van der Waals surface area contributed by atoms with Crippen LogP contribution >= 0.6 is 0 Å². The minimum atomic E-state index is -0.228. The molecule has 4 rings (SSSR count). The quantitative estimate of drug-likeness (QED) is 0.766. The molecule has 1 aliphatic heterocycles. The number of nitrogens with zero attached hydrogens (tertiary/aromatic N) is 4. The Balaban J connectivity index is 1.41. The third-order valence-corrected chi connectivity index (χ3v) is 4.81. The van der Waals surface area contributed by atoms with Gasteiger partial charge in [0.1, 0.15) is 11.6 Å². The molecule has 130 valence electrons. The lowest BCUT2D eigenvalue weighted by Gasteiger charge is -2.30. The molecule has 2 N–H and O–H groups in total. The molecule has 0 bridgehead atoms. The zero-order valence-electron chi connectivity index (χ0n) is 14.2. The number of aromatic amines is 2. The fourth-order valence-corrected chi connectivity index (χ4v) is 3.43. The Bertz CT molecular complexity index is 829. The van der Waals surface area contributed by atoms with Gasteiger partial charge in [-0.3, -0.25) is 15.1 Å². The maximum absolute atomic E-state index is 13.1. The molecule has 1 saturated heterocycles. The van der Waals surface area contributed by atoms with Crippen LogP contribution in [-0.2, 0) is 6.54 Å². The third kappa shape index (κ3) is 3.46. The Kier molecular flexibility index (Phi) is 4.31. The highest BCUT2D eigenvalue weighted by atomic mass is 19.1. The van der Waals surface area contributed by atoms with Crippen molar-refractivity contribution in [3.05, 3.63) is 53.5 Å². The molecule has 0 unspecified atom stereocenters. The average Bonchev–Trinajstić information content (AvgIpc) is 3.26. The Hall–Kier alpha value is -2.54. The Morgan fingerprint density at radius 2 is 1.92 bits per heavy atom. The predicted molar refractivity (Wildman–Crippen MR) is 92.4 cm³/mol. The molecule has 7 heteroatoms. The van der Waals surface area contributed by atoms with Gasteiger partial charge in [-0.25, -0.2) is 9.37 Å². The maximum atomic E-state index is 13.1. The highest BCUT2D eigenvalue weighted by molar-refractivity contribution is 5.62. The number of halogens is 1. The summed E-state index contributed by atoms with van der Waals surface area (Å²) in [5.74, 6) is 2.02. The van der Waals surface area contributed by atoms with Crippen LogP contribution in [0.3, 0.4) is 0 Å². The van der Waals surface area contributed by atoms with Crippen molar-refractivity contribution >= 4 is 0 Å². The molecule has 6 nitrogen and oxygen atoms in total. The molecule has 0 saturated carbocycles. The molecule has 0 radical (unpaired) electrons. The van der Waals surface area contributed by atoms with Gasteiger partial charge in [0.15, 0.2) is 5.82 Å². The Morgan fingerprint density at radius 3 is 2.60 bits per heavy atom. The molecule has 3 aromatic rings. The van der Waals surface area contributed by atoms with Gasteiger partial charge in [-0.1, -0.05) is 0 Å². The van der Waals surface area contributed by atoms with Gasteiger partial charge in [0, 0.05) is 23.6 Å². The maximum Gasteiger partial charge on any atom is 0.153 e. The first-order chi connectivity index (χ1) is 12.2. The fraction of sp³-hybridized carbons (Fsp3) is 0.389. The number of H-pyrrole nitrogens is 2. The second-order valence-corrected chi connectivity index (χ2v) is 6.61. The van der Waals surface area contributed by atoms with Crippen molar-refractivity contribution in [3.8, 4) is 11.3 Å². The van der Waals surface area contributed by atoms with Gasteiger partial charge in [-0.15, -0.1) is 0 Å². The number of rotatable bonds is 4. The van der Waals surface area contributed by atoms with Gasteiger partial charge in [0.25, 0.3) is 0 Å². The van der Waals surface area contributed by atoms with E-state index in [-0.39, 0.29) is 5.82 Å². The molecule has 0 spiro atoms. The van der Waals surface area contributed by atoms with Crippen molar-refractivity contribution in [1.82, 2.24) is 30.3 Å². The van der Waals surface area contributed by atoms with Crippen LogP contribution in [0.25, 0.3) is 11.3 Å². The zero-order chi connectivity index (χ0) is 17.2. The molecule has 1 aromatic carbocycles. The van der Waals surface area contributed by atoms with Crippen molar-refractivity contribution in [3.63, 3.8) is 0 Å². The van der Waals surface area contributed by atoms with Crippen LogP contribution in [0.1, 0.15) is 36.0 Å². The number of benzene rings is 1. The molecular weight excluding hydrogens is 319 g/mol. The highest BCUT2D eigenvalue weighted by Crippen LogP contribution is 2.28.